The van der Waals surface area contributed by atoms with Gasteiger partial charge >= 0.3 is 0 Å². The normalized spacial score (nSPS) is 12.4. The Kier molecular flexibility index (Phi) is 9.03. The fourth-order valence-corrected chi connectivity index (χ4v) is 4.29. The van der Waals surface area contributed by atoms with Crippen LogP contribution < -0.4 is 5.32 Å². The minimum Gasteiger partial charge on any atom is -0.355 e. The minimum absolute atomic E-state index is 0.0415. The molecular weight excluding hydrogens is 438 g/mol. The molecule has 31 heavy (non-hydrogen) atoms. The molecule has 2 amide bonds. The Morgan fingerprint density at radius 3 is 2.26 bits per heavy atom. The molecule has 0 unspecified atom stereocenters. The van der Waals surface area contributed by atoms with Crippen molar-refractivity contribution in [2.45, 2.75) is 31.2 Å². The summed E-state index contributed by atoms with van der Waals surface area (Å²) in [6.45, 7) is 3.78. The average Bonchev–Trinajstić information content (AvgIpc) is 2.74. The van der Waals surface area contributed by atoms with Crippen LogP contribution in [0.3, 0.4) is 0 Å². The van der Waals surface area contributed by atoms with Crippen LogP contribution in [-0.2, 0) is 26.0 Å². The zero-order valence-electron chi connectivity index (χ0n) is 17.9. The highest BCUT2D eigenvalue weighted by atomic mass is 35.5. The van der Waals surface area contributed by atoms with E-state index in [-0.39, 0.29) is 23.9 Å². The maximum atomic E-state index is 13.1. The van der Waals surface area contributed by atoms with E-state index in [2.05, 4.69) is 5.32 Å². The molecule has 1 N–H and O–H groups in total. The van der Waals surface area contributed by atoms with Crippen LogP contribution in [0.5, 0.6) is 0 Å². The van der Waals surface area contributed by atoms with Crippen LogP contribution in [0.2, 0.25) is 5.02 Å². The SMILES string of the molecule is CCNC(=O)[C@H](C)N(CCc1ccccc1)C(=O)CN(C)S(=O)(=O)c1ccc(Cl)cc1. The largest absolute Gasteiger partial charge is 0.355 e. The van der Waals surface area contributed by atoms with Crippen molar-refractivity contribution in [2.75, 3.05) is 26.7 Å². The van der Waals surface area contributed by atoms with E-state index in [0.29, 0.717) is 18.0 Å². The molecule has 7 nitrogen and oxygen atoms in total. The van der Waals surface area contributed by atoms with Crippen molar-refractivity contribution in [1.82, 2.24) is 14.5 Å². The summed E-state index contributed by atoms with van der Waals surface area (Å²) in [5.41, 5.74) is 1.02. The number of nitrogens with zero attached hydrogens (tertiary/aromatic N) is 2. The fraction of sp³-hybridized carbons (Fsp3) is 0.364. The van der Waals surface area contributed by atoms with Gasteiger partial charge in [0.05, 0.1) is 11.4 Å². The van der Waals surface area contributed by atoms with Crippen molar-refractivity contribution in [1.29, 1.82) is 0 Å². The minimum atomic E-state index is -3.88. The lowest BCUT2D eigenvalue weighted by molar-refractivity contribution is -0.139. The van der Waals surface area contributed by atoms with Crippen molar-refractivity contribution < 1.29 is 18.0 Å². The maximum Gasteiger partial charge on any atom is 0.243 e. The Labute approximate surface area is 189 Å². The van der Waals surface area contributed by atoms with Gasteiger partial charge in [0.25, 0.3) is 0 Å². The Balaban J connectivity index is 2.18. The van der Waals surface area contributed by atoms with Gasteiger partial charge in [-0.2, -0.15) is 4.31 Å². The van der Waals surface area contributed by atoms with Gasteiger partial charge in [0.1, 0.15) is 6.04 Å². The van der Waals surface area contributed by atoms with E-state index in [1.807, 2.05) is 30.3 Å². The number of benzene rings is 2. The molecule has 0 spiro atoms. The molecule has 1 atom stereocenters. The lowest BCUT2D eigenvalue weighted by Gasteiger charge is -2.30. The van der Waals surface area contributed by atoms with Gasteiger partial charge in [-0.15, -0.1) is 0 Å². The molecule has 9 heteroatoms. The summed E-state index contributed by atoms with van der Waals surface area (Å²) < 4.78 is 26.6. The number of hydrogen-bond acceptors (Lipinski definition) is 4. The molecule has 168 valence electrons. The van der Waals surface area contributed by atoms with Crippen LogP contribution in [0.15, 0.2) is 59.5 Å². The Hall–Kier alpha value is -2.42. The van der Waals surface area contributed by atoms with Crippen LogP contribution in [0.1, 0.15) is 19.4 Å². The first kappa shape index (κ1) is 24.8. The zero-order valence-corrected chi connectivity index (χ0v) is 19.5. The first-order valence-corrected chi connectivity index (χ1v) is 11.8. The second-order valence-electron chi connectivity index (χ2n) is 7.11. The number of likely N-dealkylation sites (N-methyl/N-ethyl adjacent to an activating group) is 2. The molecule has 0 heterocycles. The van der Waals surface area contributed by atoms with Crippen LogP contribution in [-0.4, -0.2) is 62.2 Å². The quantitative estimate of drug-likeness (QED) is 0.584. The summed E-state index contributed by atoms with van der Waals surface area (Å²) in [6, 6.07) is 14.6. The lowest BCUT2D eigenvalue weighted by Crippen LogP contribution is -2.51. The van der Waals surface area contributed by atoms with Crippen LogP contribution in [0, 0.1) is 0 Å². The van der Waals surface area contributed by atoms with E-state index >= 15 is 0 Å². The summed E-state index contributed by atoms with van der Waals surface area (Å²) in [4.78, 5) is 26.9. The molecule has 2 rings (SSSR count). The predicted molar refractivity (Wildman–Crippen MR) is 121 cm³/mol. The fourth-order valence-electron chi connectivity index (χ4n) is 3.04. The third-order valence-corrected chi connectivity index (χ3v) is 6.95. The third kappa shape index (κ3) is 6.78. The molecule has 2 aromatic carbocycles. The van der Waals surface area contributed by atoms with Gasteiger partial charge in [-0.3, -0.25) is 9.59 Å². The number of carbonyl (C=O) groups excluding carboxylic acids is 2. The predicted octanol–water partition coefficient (Wildman–Crippen LogP) is 2.56. The second kappa shape index (κ2) is 11.3. The summed E-state index contributed by atoms with van der Waals surface area (Å²) in [7, 11) is -2.54. The molecule has 0 aliphatic heterocycles. The van der Waals surface area contributed by atoms with Crippen molar-refractivity contribution in [3.8, 4) is 0 Å². The number of carbonyl (C=O) groups is 2. The van der Waals surface area contributed by atoms with E-state index in [1.54, 1.807) is 13.8 Å². The molecule has 0 aromatic heterocycles. The molecule has 2 aromatic rings. The first-order chi connectivity index (χ1) is 14.7. The van der Waals surface area contributed by atoms with Crippen molar-refractivity contribution in [2.24, 2.45) is 0 Å². The molecule has 0 aliphatic rings. The van der Waals surface area contributed by atoms with E-state index in [1.165, 1.54) is 36.2 Å². The summed E-state index contributed by atoms with van der Waals surface area (Å²) >= 11 is 5.84. The molecule has 0 aliphatic carbocycles. The standard InChI is InChI=1S/C22H28ClN3O4S/c1-4-24-22(28)17(2)26(15-14-18-8-6-5-7-9-18)21(27)16-25(3)31(29,30)20-12-10-19(23)11-13-20/h5-13,17H,4,14-16H2,1-3H3,(H,24,28)/t17-/m0/s1. The first-order valence-electron chi connectivity index (χ1n) is 9.99. The van der Waals surface area contributed by atoms with Crippen LogP contribution in [0.4, 0.5) is 0 Å². The van der Waals surface area contributed by atoms with Crippen molar-refractivity contribution in [3.63, 3.8) is 0 Å². The van der Waals surface area contributed by atoms with Crippen molar-refractivity contribution in [3.05, 3.63) is 65.2 Å². The highest BCUT2D eigenvalue weighted by Gasteiger charge is 2.29. The number of sulfonamides is 1. The molecule has 0 saturated heterocycles. The highest BCUT2D eigenvalue weighted by Crippen LogP contribution is 2.18. The number of amides is 2. The number of hydrogen-bond donors (Lipinski definition) is 1. The summed E-state index contributed by atoms with van der Waals surface area (Å²) in [6.07, 6.45) is 0.546. The topological polar surface area (TPSA) is 86.8 Å². The number of nitrogens with one attached hydrogen (secondary N) is 1. The van der Waals surface area contributed by atoms with Gasteiger partial charge in [0, 0.05) is 25.2 Å². The maximum absolute atomic E-state index is 13.1. The monoisotopic (exact) mass is 465 g/mol. The zero-order chi connectivity index (χ0) is 23.0. The second-order valence-corrected chi connectivity index (χ2v) is 9.59. The number of halogens is 1. The van der Waals surface area contributed by atoms with Gasteiger partial charge in [0.2, 0.25) is 21.8 Å². The van der Waals surface area contributed by atoms with Gasteiger partial charge in [0.15, 0.2) is 0 Å². The average molecular weight is 466 g/mol. The summed E-state index contributed by atoms with van der Waals surface area (Å²) in [5, 5.41) is 3.13. The van der Waals surface area contributed by atoms with Crippen LogP contribution in [0.25, 0.3) is 0 Å². The van der Waals surface area contributed by atoms with Gasteiger partial charge in [-0.25, -0.2) is 8.42 Å². The molecule has 0 fully saturated rings. The Morgan fingerprint density at radius 1 is 1.06 bits per heavy atom. The van der Waals surface area contributed by atoms with Gasteiger partial charge in [-0.05, 0) is 50.1 Å². The molecule has 0 bridgehead atoms. The smallest absolute Gasteiger partial charge is 0.243 e. The molecular formula is C22H28ClN3O4S. The van der Waals surface area contributed by atoms with E-state index in [4.69, 9.17) is 11.6 Å². The lowest BCUT2D eigenvalue weighted by atomic mass is 10.1. The molecule has 0 radical (unpaired) electrons. The van der Waals surface area contributed by atoms with Gasteiger partial charge < -0.3 is 10.2 Å². The van der Waals surface area contributed by atoms with E-state index < -0.39 is 22.0 Å². The highest BCUT2D eigenvalue weighted by molar-refractivity contribution is 7.89. The van der Waals surface area contributed by atoms with Crippen molar-refractivity contribution >= 4 is 33.4 Å². The van der Waals surface area contributed by atoms with E-state index in [0.717, 1.165) is 9.87 Å². The Morgan fingerprint density at radius 2 is 1.68 bits per heavy atom. The summed E-state index contributed by atoms with van der Waals surface area (Å²) in [5.74, 6) is -0.734. The third-order valence-electron chi connectivity index (χ3n) is 4.88. The number of rotatable bonds is 10. The molecule has 0 saturated carbocycles. The Bertz CT molecular complexity index is 982. The van der Waals surface area contributed by atoms with Crippen LogP contribution >= 0.6 is 11.6 Å². The van der Waals surface area contributed by atoms with Gasteiger partial charge in [-0.1, -0.05) is 41.9 Å². The van der Waals surface area contributed by atoms with E-state index in [9.17, 15) is 18.0 Å².